The van der Waals surface area contributed by atoms with E-state index in [0.717, 1.165) is 36.2 Å². The van der Waals surface area contributed by atoms with Crippen LogP contribution < -0.4 is 0 Å². The van der Waals surface area contributed by atoms with Crippen molar-refractivity contribution in [2.24, 2.45) is 45.8 Å². The number of fused-ring (bicyclic) bond motifs is 5. The third-order valence-electron chi connectivity index (χ3n) is 10.5. The van der Waals surface area contributed by atoms with Crippen LogP contribution in [0.1, 0.15) is 99.8 Å². The number of hydrogen-bond acceptors (Lipinski definition) is 2. The largest absolute Gasteiger partial charge is 0.298 e. The Labute approximate surface area is 190 Å². The fourth-order valence-corrected chi connectivity index (χ4v) is 8.77. The van der Waals surface area contributed by atoms with Crippen molar-refractivity contribution in [3.05, 3.63) is 23.3 Å². The number of rotatable bonds is 4. The van der Waals surface area contributed by atoms with Gasteiger partial charge in [0.15, 0.2) is 0 Å². The standard InChI is InChI=1S/C29H44O2/c1-18(2)9-8-10-19(3)21-12-13-22-20-11-14-24-27(4,5)25(30)17-26(31)29(24,7)23(20)15-16-28(21,22)6/h9,14,19-23H,8,10-13,15-17H2,1-7H3/t19-,20+,21-,22+,23+,28-,29-/m1/s1. The Kier molecular flexibility index (Phi) is 5.71. The van der Waals surface area contributed by atoms with Gasteiger partial charge >= 0.3 is 0 Å². The Balaban J connectivity index is 1.60. The number of ketones is 2. The van der Waals surface area contributed by atoms with E-state index < -0.39 is 10.8 Å². The van der Waals surface area contributed by atoms with E-state index in [0.29, 0.717) is 17.3 Å². The van der Waals surface area contributed by atoms with Crippen molar-refractivity contribution in [1.82, 2.24) is 0 Å². The maximum absolute atomic E-state index is 13.4. The van der Waals surface area contributed by atoms with Crippen LogP contribution in [0.15, 0.2) is 23.3 Å². The lowest BCUT2D eigenvalue weighted by molar-refractivity contribution is -0.147. The van der Waals surface area contributed by atoms with Crippen LogP contribution in [0.25, 0.3) is 0 Å². The van der Waals surface area contributed by atoms with Gasteiger partial charge in [0.1, 0.15) is 11.6 Å². The summed E-state index contributed by atoms with van der Waals surface area (Å²) in [5.74, 6) is 3.64. The van der Waals surface area contributed by atoms with Gasteiger partial charge in [-0.3, -0.25) is 9.59 Å². The molecule has 3 fully saturated rings. The molecule has 2 nitrogen and oxygen atoms in total. The highest BCUT2D eigenvalue weighted by Gasteiger charge is 2.63. The zero-order valence-corrected chi connectivity index (χ0v) is 21.0. The van der Waals surface area contributed by atoms with Crippen molar-refractivity contribution < 1.29 is 9.59 Å². The van der Waals surface area contributed by atoms with E-state index in [1.807, 2.05) is 0 Å². The van der Waals surface area contributed by atoms with E-state index in [9.17, 15) is 9.59 Å². The number of allylic oxidation sites excluding steroid dienone is 4. The third kappa shape index (κ3) is 3.34. The smallest absolute Gasteiger partial charge is 0.150 e. The Hall–Kier alpha value is -1.18. The molecule has 0 N–H and O–H groups in total. The molecule has 2 heteroatoms. The molecule has 0 aliphatic heterocycles. The van der Waals surface area contributed by atoms with Crippen LogP contribution >= 0.6 is 0 Å². The molecule has 0 spiro atoms. The number of Topliss-reactive ketones (excluding diaryl/α,β-unsaturated/α-hetero) is 2. The summed E-state index contributed by atoms with van der Waals surface area (Å²) in [4.78, 5) is 26.1. The van der Waals surface area contributed by atoms with Crippen LogP contribution in [-0.2, 0) is 9.59 Å². The van der Waals surface area contributed by atoms with Crippen molar-refractivity contribution >= 4 is 11.6 Å². The Bertz CT molecular complexity index is 826. The monoisotopic (exact) mass is 424 g/mol. The molecule has 0 saturated heterocycles. The van der Waals surface area contributed by atoms with Crippen molar-refractivity contribution in [2.45, 2.75) is 99.8 Å². The molecular weight excluding hydrogens is 380 g/mol. The van der Waals surface area contributed by atoms with E-state index in [-0.39, 0.29) is 18.0 Å². The average molecular weight is 425 g/mol. The fraction of sp³-hybridized carbons (Fsp3) is 0.793. The predicted octanol–water partition coefficient (Wildman–Crippen LogP) is 7.33. The second-order valence-electron chi connectivity index (χ2n) is 12.6. The molecule has 31 heavy (non-hydrogen) atoms. The van der Waals surface area contributed by atoms with Crippen LogP contribution in [0.3, 0.4) is 0 Å². The molecular formula is C29H44O2. The Morgan fingerprint density at radius 3 is 2.45 bits per heavy atom. The van der Waals surface area contributed by atoms with Gasteiger partial charge in [0.05, 0.1) is 11.8 Å². The van der Waals surface area contributed by atoms with Gasteiger partial charge in [-0.25, -0.2) is 0 Å². The zero-order chi connectivity index (χ0) is 22.8. The summed E-state index contributed by atoms with van der Waals surface area (Å²) >= 11 is 0. The second kappa shape index (κ2) is 7.70. The van der Waals surface area contributed by atoms with E-state index in [1.165, 1.54) is 37.7 Å². The minimum Gasteiger partial charge on any atom is -0.298 e. The first-order chi connectivity index (χ1) is 14.4. The maximum atomic E-state index is 13.4. The summed E-state index contributed by atoms with van der Waals surface area (Å²) in [6.45, 7) is 15.8. The van der Waals surface area contributed by atoms with Crippen LogP contribution in [-0.4, -0.2) is 11.6 Å². The minimum absolute atomic E-state index is 0.117. The van der Waals surface area contributed by atoms with E-state index in [1.54, 1.807) is 0 Å². The van der Waals surface area contributed by atoms with Crippen LogP contribution in [0.5, 0.6) is 0 Å². The molecule has 0 aromatic heterocycles. The Morgan fingerprint density at radius 1 is 1.06 bits per heavy atom. The summed E-state index contributed by atoms with van der Waals surface area (Å²) in [6, 6.07) is 0. The van der Waals surface area contributed by atoms with Crippen molar-refractivity contribution in [3.8, 4) is 0 Å². The Morgan fingerprint density at radius 2 is 1.77 bits per heavy atom. The van der Waals surface area contributed by atoms with Crippen LogP contribution in [0.2, 0.25) is 0 Å². The summed E-state index contributed by atoms with van der Waals surface area (Å²) in [6.07, 6.45) is 13.5. The van der Waals surface area contributed by atoms with Crippen molar-refractivity contribution in [3.63, 3.8) is 0 Å². The summed E-state index contributed by atoms with van der Waals surface area (Å²) < 4.78 is 0. The summed E-state index contributed by atoms with van der Waals surface area (Å²) in [5, 5.41) is 0. The lowest BCUT2D eigenvalue weighted by atomic mass is 9.44. The molecule has 4 aliphatic rings. The van der Waals surface area contributed by atoms with Gasteiger partial charge in [-0.2, -0.15) is 0 Å². The average Bonchev–Trinajstić information content (AvgIpc) is 3.04. The molecule has 0 amide bonds. The number of carbonyl (C=O) groups excluding carboxylic acids is 2. The van der Waals surface area contributed by atoms with Crippen LogP contribution in [0.4, 0.5) is 0 Å². The normalized spacial score (nSPS) is 42.2. The van der Waals surface area contributed by atoms with Gasteiger partial charge in [-0.05, 0) is 120 Å². The first-order valence-corrected chi connectivity index (χ1v) is 12.8. The fourth-order valence-electron chi connectivity index (χ4n) is 8.77. The summed E-state index contributed by atoms with van der Waals surface area (Å²) in [5.41, 5.74) is 2.09. The molecule has 0 aromatic carbocycles. The first-order valence-electron chi connectivity index (χ1n) is 12.8. The lowest BCUT2D eigenvalue weighted by Gasteiger charge is -2.59. The second-order valence-corrected chi connectivity index (χ2v) is 12.6. The zero-order valence-electron chi connectivity index (χ0n) is 21.0. The molecule has 3 saturated carbocycles. The van der Waals surface area contributed by atoms with Gasteiger partial charge < -0.3 is 0 Å². The highest BCUT2D eigenvalue weighted by Crippen LogP contribution is 2.68. The van der Waals surface area contributed by atoms with Gasteiger partial charge in [0.2, 0.25) is 0 Å². The third-order valence-corrected chi connectivity index (χ3v) is 10.5. The van der Waals surface area contributed by atoms with Gasteiger partial charge in [-0.15, -0.1) is 0 Å². The summed E-state index contributed by atoms with van der Waals surface area (Å²) in [7, 11) is 0. The van der Waals surface area contributed by atoms with Crippen molar-refractivity contribution in [2.75, 3.05) is 0 Å². The molecule has 0 heterocycles. The maximum Gasteiger partial charge on any atom is 0.150 e. The predicted molar refractivity (Wildman–Crippen MR) is 128 cm³/mol. The molecule has 0 radical (unpaired) electrons. The first kappa shape index (κ1) is 23.0. The molecule has 0 aromatic rings. The molecule has 4 aliphatic carbocycles. The van der Waals surface area contributed by atoms with E-state index in [2.05, 4.69) is 60.6 Å². The number of hydrogen-bond donors (Lipinski definition) is 0. The lowest BCUT2D eigenvalue weighted by Crippen LogP contribution is -2.57. The van der Waals surface area contributed by atoms with Crippen LogP contribution in [0, 0.1) is 45.8 Å². The SMILES string of the molecule is CC(C)=CCC[C@@H](C)[C@H]1CC[C@H]2[C@@H]3CC=C4C(C)(C)C(=O)CC(=O)[C@]4(C)[C@H]3CC[C@]12C. The quantitative estimate of drug-likeness (QED) is 0.350. The highest BCUT2D eigenvalue weighted by molar-refractivity contribution is 6.10. The van der Waals surface area contributed by atoms with Gasteiger partial charge in [0, 0.05) is 5.41 Å². The van der Waals surface area contributed by atoms with Crippen molar-refractivity contribution in [1.29, 1.82) is 0 Å². The van der Waals surface area contributed by atoms with E-state index in [4.69, 9.17) is 0 Å². The number of carbonyl (C=O) groups is 2. The molecule has 7 atom stereocenters. The molecule has 4 rings (SSSR count). The molecule has 172 valence electrons. The molecule has 0 unspecified atom stereocenters. The highest BCUT2D eigenvalue weighted by atomic mass is 16.2. The van der Waals surface area contributed by atoms with Gasteiger partial charge in [0.25, 0.3) is 0 Å². The minimum atomic E-state index is -0.480. The van der Waals surface area contributed by atoms with E-state index >= 15 is 0 Å². The topological polar surface area (TPSA) is 34.1 Å². The van der Waals surface area contributed by atoms with Gasteiger partial charge in [-0.1, -0.05) is 31.6 Å². The molecule has 0 bridgehead atoms.